The molecule has 6 atom stereocenters. The number of amides is 3. The first-order valence-electron chi connectivity index (χ1n) is 30.2. The highest BCUT2D eigenvalue weighted by atomic mass is 32.1. The van der Waals surface area contributed by atoms with Gasteiger partial charge in [0, 0.05) is 76.1 Å². The van der Waals surface area contributed by atoms with Gasteiger partial charge in [0.1, 0.15) is 42.2 Å². The highest BCUT2D eigenvalue weighted by Crippen LogP contribution is 2.44. The molecule has 0 radical (unpaired) electrons. The minimum atomic E-state index is -0.858. The lowest BCUT2D eigenvalue weighted by Crippen LogP contribution is -2.50. The number of halogens is 1. The van der Waals surface area contributed by atoms with Crippen LogP contribution in [-0.4, -0.2) is 152 Å². The summed E-state index contributed by atoms with van der Waals surface area (Å²) in [5.74, 6) is -0.491. The number of nitrogens with zero attached hydrogens (tertiary/aromatic N) is 10. The van der Waals surface area contributed by atoms with E-state index in [-0.39, 0.29) is 78.2 Å². The number of anilines is 2. The third kappa shape index (κ3) is 11.3. The molecule has 2 N–H and O–H groups in total. The summed E-state index contributed by atoms with van der Waals surface area (Å²) in [5.41, 5.74) is 6.80. The van der Waals surface area contributed by atoms with Crippen molar-refractivity contribution >= 4 is 62.6 Å². The molecule has 84 heavy (non-hydrogen) atoms. The van der Waals surface area contributed by atoms with Crippen LogP contribution in [0.1, 0.15) is 120 Å². The third-order valence-corrected chi connectivity index (χ3v) is 19.3. The third-order valence-electron chi connectivity index (χ3n) is 18.3. The van der Waals surface area contributed by atoms with Gasteiger partial charge in [-0.05, 0) is 98.7 Å². The number of aliphatic hydroxyl groups is 1. The van der Waals surface area contributed by atoms with Gasteiger partial charge >= 0.3 is 12.1 Å². The van der Waals surface area contributed by atoms with Crippen molar-refractivity contribution in [3.8, 4) is 27.7 Å². The standard InChI is InChI=1S/C64H76FN11O7S/c1-6-42-14-11-15-44-16-12-17-48(54(42)44)56-55(65)57-49(34-66-56)59(73-25-9-7-8-10-26-73)70-62(69-57)82-37-64-23-13-27-76(64)46(22-24-64)36-81-63(80)74-30-28-72(29-31-74)52-33-51(83-71-52)53(39(2)3)61(79)75-35-47(77)32-50(75)60(78)68-40(4)43-18-20-45(21-19-43)58-41(5)67-38-84-58/h11-12,14-21,33-34,38-40,46-47,50,53,77H,6-10,13,22-32,35-37H2,1-5H3,(H,68,78)/t40-,46?,47+,50-,53+,64-/m0/s1. The van der Waals surface area contributed by atoms with Crippen molar-refractivity contribution in [3.63, 3.8) is 0 Å². The Morgan fingerprint density at radius 3 is 2.42 bits per heavy atom. The molecule has 1 unspecified atom stereocenters. The zero-order valence-electron chi connectivity index (χ0n) is 48.8. The second kappa shape index (κ2) is 24.4. The Hall–Kier alpha value is -7.29. The predicted molar refractivity (Wildman–Crippen MR) is 322 cm³/mol. The van der Waals surface area contributed by atoms with E-state index in [1.807, 2.05) is 80.6 Å². The lowest BCUT2D eigenvalue weighted by molar-refractivity contribution is -0.141. The number of piperazine rings is 1. The molecule has 12 rings (SSSR count). The van der Waals surface area contributed by atoms with E-state index in [0.717, 1.165) is 121 Å². The number of thiazole rings is 1. The largest absolute Gasteiger partial charge is 0.461 e. The number of ether oxygens (including phenoxy) is 2. The number of hydrogen-bond donors (Lipinski definition) is 2. The number of hydrogen-bond acceptors (Lipinski definition) is 16. The average Bonchev–Trinajstić information content (AvgIpc) is 4.01. The molecule has 3 amide bonds. The van der Waals surface area contributed by atoms with E-state index in [4.69, 9.17) is 28.9 Å². The number of fused-ring (bicyclic) bond motifs is 3. The number of carbonyl (C=O) groups is 3. The van der Waals surface area contributed by atoms with Gasteiger partial charge in [0.2, 0.25) is 11.8 Å². The maximum atomic E-state index is 17.2. The number of aliphatic hydroxyl groups excluding tert-OH is 1. The molecule has 5 fully saturated rings. The number of benzene rings is 3. The summed E-state index contributed by atoms with van der Waals surface area (Å²) < 4.78 is 35.9. The SMILES string of the molecule is CCc1cccc2cccc(-c3ncc4c(N5CCCCCC5)nc(OC[C@@]56CCCN5C(COC(=O)N5CCN(c7cc([C@H](C(=O)N8C[C@H](O)C[C@H]8C(=O)N[C@@H](C)c8ccc(-c9scnc9C)cc8)C(C)C)on7)CC5)CC6)nc4c3F)c12. The van der Waals surface area contributed by atoms with Gasteiger partial charge in [-0.15, -0.1) is 11.3 Å². The van der Waals surface area contributed by atoms with Crippen molar-refractivity contribution in [2.24, 2.45) is 5.92 Å². The lowest BCUT2D eigenvalue weighted by atomic mass is 9.91. The van der Waals surface area contributed by atoms with Gasteiger partial charge in [-0.3, -0.25) is 19.5 Å². The van der Waals surface area contributed by atoms with Crippen molar-refractivity contribution < 1.29 is 37.9 Å². The average molecular weight is 1160 g/mol. The molecule has 20 heteroatoms. The van der Waals surface area contributed by atoms with Crippen LogP contribution in [0.25, 0.3) is 43.4 Å². The van der Waals surface area contributed by atoms with E-state index < -0.39 is 23.9 Å². The minimum absolute atomic E-state index is 0.0103. The molecule has 0 saturated carbocycles. The van der Waals surface area contributed by atoms with Gasteiger partial charge in [-0.25, -0.2) is 14.2 Å². The highest BCUT2D eigenvalue weighted by molar-refractivity contribution is 7.13. The van der Waals surface area contributed by atoms with Crippen LogP contribution in [0.5, 0.6) is 6.01 Å². The van der Waals surface area contributed by atoms with Gasteiger partial charge in [0.05, 0.1) is 39.2 Å². The smallest absolute Gasteiger partial charge is 0.409 e. The van der Waals surface area contributed by atoms with Crippen LogP contribution < -0.4 is 19.9 Å². The van der Waals surface area contributed by atoms with E-state index in [1.165, 1.54) is 4.90 Å². The van der Waals surface area contributed by atoms with Gasteiger partial charge in [-0.1, -0.05) is 99.4 Å². The topological polar surface area (TPSA) is 196 Å². The molecule has 7 aromatic rings. The molecule has 5 aliphatic rings. The Kier molecular flexibility index (Phi) is 16.6. The highest BCUT2D eigenvalue weighted by Gasteiger charge is 2.51. The van der Waals surface area contributed by atoms with Crippen LogP contribution in [0.2, 0.25) is 0 Å². The summed E-state index contributed by atoms with van der Waals surface area (Å²) in [7, 11) is 0. The summed E-state index contributed by atoms with van der Waals surface area (Å²) in [6.07, 6.45) is 9.32. The van der Waals surface area contributed by atoms with E-state index in [9.17, 15) is 19.5 Å². The van der Waals surface area contributed by atoms with Crippen molar-refractivity contribution in [2.45, 2.75) is 135 Å². The quantitative estimate of drug-likeness (QED) is 0.0927. The monoisotopic (exact) mass is 1160 g/mol. The maximum absolute atomic E-state index is 17.2. The van der Waals surface area contributed by atoms with Crippen LogP contribution in [0, 0.1) is 18.7 Å². The molecule has 4 aromatic heterocycles. The second-order valence-electron chi connectivity index (χ2n) is 24.0. The number of nitrogens with one attached hydrogen (secondary N) is 1. The Balaban J connectivity index is 0.662. The van der Waals surface area contributed by atoms with E-state index in [0.29, 0.717) is 55.6 Å². The summed E-state index contributed by atoms with van der Waals surface area (Å²) in [4.78, 5) is 72.1. The summed E-state index contributed by atoms with van der Waals surface area (Å²) in [5, 5.41) is 20.9. The van der Waals surface area contributed by atoms with Crippen molar-refractivity contribution in [2.75, 3.05) is 75.4 Å². The molecule has 442 valence electrons. The zero-order chi connectivity index (χ0) is 58.2. The predicted octanol–water partition coefficient (Wildman–Crippen LogP) is 10.3. The summed E-state index contributed by atoms with van der Waals surface area (Å²) >= 11 is 1.58. The molecule has 3 aromatic carbocycles. The van der Waals surface area contributed by atoms with E-state index in [2.05, 4.69) is 50.4 Å². The fourth-order valence-electron chi connectivity index (χ4n) is 13.8. The molecular formula is C64H76FN11O7S. The van der Waals surface area contributed by atoms with Crippen LogP contribution in [0.4, 0.5) is 20.8 Å². The number of aromatic nitrogens is 5. The number of β-amino-alcohol motifs (C(OH)–C–C–N with tert-alkyl or cyclic N) is 1. The van der Waals surface area contributed by atoms with E-state index in [1.54, 1.807) is 28.5 Å². The molecular weight excluding hydrogens is 1090 g/mol. The summed E-state index contributed by atoms with van der Waals surface area (Å²) in [6, 6.07) is 20.9. The van der Waals surface area contributed by atoms with Crippen molar-refractivity contribution in [1.82, 2.24) is 45.1 Å². The molecule has 5 aliphatic heterocycles. The Morgan fingerprint density at radius 2 is 1.68 bits per heavy atom. The molecule has 9 heterocycles. The van der Waals surface area contributed by atoms with Crippen LogP contribution in [0.15, 0.2) is 83.0 Å². The Morgan fingerprint density at radius 1 is 0.905 bits per heavy atom. The van der Waals surface area contributed by atoms with Gasteiger partial charge in [-0.2, -0.15) is 9.97 Å². The number of aryl methyl sites for hydroxylation is 2. The van der Waals surface area contributed by atoms with Crippen molar-refractivity contribution in [1.29, 1.82) is 0 Å². The molecule has 18 nitrogen and oxygen atoms in total. The number of carbonyl (C=O) groups excluding carboxylic acids is 3. The zero-order valence-corrected chi connectivity index (χ0v) is 49.6. The minimum Gasteiger partial charge on any atom is -0.461 e. The first-order chi connectivity index (χ1) is 40.8. The first-order valence-corrected chi connectivity index (χ1v) is 31.1. The second-order valence-corrected chi connectivity index (χ2v) is 24.8. The van der Waals surface area contributed by atoms with E-state index >= 15 is 4.39 Å². The normalized spacial score (nSPS) is 22.0. The number of likely N-dealkylation sites (tertiary alicyclic amines) is 1. The van der Waals surface area contributed by atoms with Gasteiger partial charge in [0.15, 0.2) is 17.4 Å². The van der Waals surface area contributed by atoms with Crippen LogP contribution in [0.3, 0.4) is 0 Å². The van der Waals surface area contributed by atoms with Gasteiger partial charge in [0.25, 0.3) is 0 Å². The number of rotatable bonds is 16. The van der Waals surface area contributed by atoms with Crippen LogP contribution >= 0.6 is 11.3 Å². The Bertz CT molecular complexity index is 3520. The van der Waals surface area contributed by atoms with Crippen molar-refractivity contribution in [3.05, 3.63) is 107 Å². The maximum Gasteiger partial charge on any atom is 0.409 e. The summed E-state index contributed by atoms with van der Waals surface area (Å²) in [6.45, 7) is 14.7. The fourth-order valence-corrected chi connectivity index (χ4v) is 14.6. The van der Waals surface area contributed by atoms with Gasteiger partial charge < -0.3 is 44.0 Å². The Labute approximate surface area is 493 Å². The molecule has 5 saturated heterocycles. The lowest BCUT2D eigenvalue weighted by Gasteiger charge is -2.36. The molecule has 0 bridgehead atoms. The fraction of sp³-hybridized carbons (Fsp3) is 0.500. The first kappa shape index (κ1) is 57.2. The number of pyridine rings is 1. The molecule has 0 aliphatic carbocycles. The molecule has 0 spiro atoms. The van der Waals surface area contributed by atoms with Crippen LogP contribution in [-0.2, 0) is 20.7 Å².